The Morgan fingerprint density at radius 1 is 1.14 bits per heavy atom. The fourth-order valence-corrected chi connectivity index (χ4v) is 6.47. The Kier molecular flexibility index (Phi) is 5.46. The van der Waals surface area contributed by atoms with Gasteiger partial charge >= 0.3 is 0 Å². The van der Waals surface area contributed by atoms with Crippen molar-refractivity contribution in [1.29, 1.82) is 0 Å². The number of hydrogen-bond acceptors (Lipinski definition) is 5. The molecule has 0 unspecified atom stereocenters. The van der Waals surface area contributed by atoms with Gasteiger partial charge in [-0.3, -0.25) is 4.79 Å². The lowest BCUT2D eigenvalue weighted by molar-refractivity contribution is -0.131. The highest BCUT2D eigenvalue weighted by Gasteiger charge is 2.34. The van der Waals surface area contributed by atoms with Crippen LogP contribution in [0.2, 0.25) is 0 Å². The molecule has 1 aliphatic heterocycles. The molecule has 1 saturated heterocycles. The standard InChI is InChI=1S/C21H28N4OS2/c26-20(24-10-9-15-4-1-2-5-16(15)13-24)14-28-21-23-22-19(25(21)17-7-8-17)12-18-6-3-11-27-18/h3,6,11,15-17H,1-2,4-5,7-10,12-14H2/t15-,16-/m1/s1. The smallest absolute Gasteiger partial charge is 0.233 e. The summed E-state index contributed by atoms with van der Waals surface area (Å²) < 4.78 is 2.30. The van der Waals surface area contributed by atoms with Crippen LogP contribution in [0.5, 0.6) is 0 Å². The van der Waals surface area contributed by atoms with Crippen molar-refractivity contribution in [2.75, 3.05) is 18.8 Å². The number of amides is 1. The molecule has 2 atom stereocenters. The van der Waals surface area contributed by atoms with Crippen molar-refractivity contribution in [3.05, 3.63) is 28.2 Å². The fraction of sp³-hybridized carbons (Fsp3) is 0.667. The number of fused-ring (bicyclic) bond motifs is 1. The molecule has 0 aromatic carbocycles. The summed E-state index contributed by atoms with van der Waals surface area (Å²) in [6.07, 6.45) is 9.85. The van der Waals surface area contributed by atoms with Crippen molar-refractivity contribution in [3.8, 4) is 0 Å². The molecule has 3 heterocycles. The van der Waals surface area contributed by atoms with Crippen LogP contribution in [0.1, 0.15) is 61.7 Å². The van der Waals surface area contributed by atoms with Crippen molar-refractivity contribution in [2.45, 2.75) is 62.6 Å². The Hall–Kier alpha value is -1.34. The fourth-order valence-electron chi connectivity index (χ4n) is 4.84. The van der Waals surface area contributed by atoms with Crippen LogP contribution in [0.25, 0.3) is 0 Å². The van der Waals surface area contributed by atoms with Crippen LogP contribution in [-0.2, 0) is 11.2 Å². The summed E-state index contributed by atoms with van der Waals surface area (Å²) in [6, 6.07) is 4.77. The lowest BCUT2D eigenvalue weighted by Gasteiger charge is -2.41. The van der Waals surface area contributed by atoms with Crippen LogP contribution in [0, 0.1) is 11.8 Å². The SMILES string of the molecule is O=C(CSc1nnc(Cc2cccs2)n1C1CC1)N1CC[C@H]2CCCC[C@@H]2C1. The minimum atomic E-state index is 0.277. The first kappa shape index (κ1) is 18.7. The second kappa shape index (κ2) is 8.19. The molecule has 3 fully saturated rings. The van der Waals surface area contributed by atoms with Gasteiger partial charge in [0.25, 0.3) is 0 Å². The number of piperidine rings is 1. The molecule has 0 bridgehead atoms. The third kappa shape index (κ3) is 4.01. The van der Waals surface area contributed by atoms with Crippen LogP contribution in [0.3, 0.4) is 0 Å². The van der Waals surface area contributed by atoms with E-state index in [1.54, 1.807) is 23.1 Å². The Balaban J connectivity index is 1.22. The predicted molar refractivity (Wildman–Crippen MR) is 113 cm³/mol. The molecule has 0 radical (unpaired) electrons. The van der Waals surface area contributed by atoms with Crippen molar-refractivity contribution in [2.24, 2.45) is 11.8 Å². The van der Waals surface area contributed by atoms with Gasteiger partial charge in [-0.15, -0.1) is 21.5 Å². The summed E-state index contributed by atoms with van der Waals surface area (Å²) in [7, 11) is 0. The average Bonchev–Trinajstić information content (AvgIpc) is 3.28. The lowest BCUT2D eigenvalue weighted by atomic mass is 9.75. The Morgan fingerprint density at radius 2 is 2.00 bits per heavy atom. The highest BCUT2D eigenvalue weighted by atomic mass is 32.2. The van der Waals surface area contributed by atoms with Gasteiger partial charge in [-0.2, -0.15) is 0 Å². The van der Waals surface area contributed by atoms with Crippen molar-refractivity contribution >= 4 is 29.0 Å². The highest BCUT2D eigenvalue weighted by molar-refractivity contribution is 7.99. The Bertz CT molecular complexity index is 814. The van der Waals surface area contributed by atoms with E-state index in [0.717, 1.165) is 42.3 Å². The molecular formula is C21H28N4OS2. The number of hydrogen-bond donors (Lipinski definition) is 0. The van der Waals surface area contributed by atoms with Crippen molar-refractivity contribution in [3.63, 3.8) is 0 Å². The van der Waals surface area contributed by atoms with Gasteiger partial charge < -0.3 is 9.47 Å². The van der Waals surface area contributed by atoms with Crippen molar-refractivity contribution in [1.82, 2.24) is 19.7 Å². The van der Waals surface area contributed by atoms with Crippen LogP contribution >= 0.6 is 23.1 Å². The normalized spacial score (nSPS) is 24.9. The molecule has 2 aromatic rings. The summed E-state index contributed by atoms with van der Waals surface area (Å²) in [5.74, 6) is 3.41. The molecule has 7 heteroatoms. The number of thiophene rings is 1. The molecule has 28 heavy (non-hydrogen) atoms. The van der Waals surface area contributed by atoms with Gasteiger partial charge in [-0.25, -0.2) is 0 Å². The van der Waals surface area contributed by atoms with E-state index >= 15 is 0 Å². The molecule has 5 nitrogen and oxygen atoms in total. The van der Waals surface area contributed by atoms with E-state index in [1.165, 1.54) is 49.8 Å². The van der Waals surface area contributed by atoms with Gasteiger partial charge in [0.05, 0.1) is 5.75 Å². The number of nitrogens with zero attached hydrogens (tertiary/aromatic N) is 4. The van der Waals surface area contributed by atoms with E-state index < -0.39 is 0 Å². The quantitative estimate of drug-likeness (QED) is 0.655. The van der Waals surface area contributed by atoms with E-state index in [2.05, 4.69) is 37.2 Å². The first-order chi connectivity index (χ1) is 13.8. The number of likely N-dealkylation sites (tertiary alicyclic amines) is 1. The molecule has 2 saturated carbocycles. The maximum Gasteiger partial charge on any atom is 0.233 e. The summed E-state index contributed by atoms with van der Waals surface area (Å²) in [5.41, 5.74) is 0. The zero-order valence-electron chi connectivity index (χ0n) is 16.3. The van der Waals surface area contributed by atoms with E-state index in [0.29, 0.717) is 11.8 Å². The second-order valence-corrected chi connectivity index (χ2v) is 10.5. The van der Waals surface area contributed by atoms with Gasteiger partial charge in [0.15, 0.2) is 5.16 Å². The molecular weight excluding hydrogens is 388 g/mol. The lowest BCUT2D eigenvalue weighted by Crippen LogP contribution is -2.45. The summed E-state index contributed by atoms with van der Waals surface area (Å²) >= 11 is 3.35. The van der Waals surface area contributed by atoms with Crippen LogP contribution in [-0.4, -0.2) is 44.4 Å². The third-order valence-electron chi connectivity index (χ3n) is 6.53. The van der Waals surface area contributed by atoms with Gasteiger partial charge in [-0.1, -0.05) is 37.1 Å². The maximum atomic E-state index is 12.9. The topological polar surface area (TPSA) is 51.0 Å². The van der Waals surface area contributed by atoms with Gasteiger partial charge in [0.1, 0.15) is 5.82 Å². The molecule has 3 aliphatic rings. The summed E-state index contributed by atoms with van der Waals surface area (Å²) in [6.45, 7) is 1.92. The molecule has 150 valence electrons. The Morgan fingerprint density at radius 3 is 2.79 bits per heavy atom. The average molecular weight is 417 g/mol. The summed E-state index contributed by atoms with van der Waals surface area (Å²) in [4.78, 5) is 16.3. The molecule has 1 amide bonds. The van der Waals surface area contributed by atoms with E-state index in [-0.39, 0.29) is 5.91 Å². The van der Waals surface area contributed by atoms with Crippen LogP contribution < -0.4 is 0 Å². The third-order valence-corrected chi connectivity index (χ3v) is 8.33. The first-order valence-corrected chi connectivity index (χ1v) is 12.5. The van der Waals surface area contributed by atoms with Crippen LogP contribution in [0.4, 0.5) is 0 Å². The molecule has 2 aromatic heterocycles. The van der Waals surface area contributed by atoms with E-state index in [9.17, 15) is 4.79 Å². The van der Waals surface area contributed by atoms with Gasteiger partial charge in [0.2, 0.25) is 5.91 Å². The zero-order chi connectivity index (χ0) is 18.9. The highest BCUT2D eigenvalue weighted by Crippen LogP contribution is 2.40. The number of rotatable bonds is 6. The van der Waals surface area contributed by atoms with Crippen molar-refractivity contribution < 1.29 is 4.79 Å². The number of carbonyl (C=O) groups excluding carboxylic acids is 1. The first-order valence-electron chi connectivity index (χ1n) is 10.6. The molecule has 0 spiro atoms. The van der Waals surface area contributed by atoms with E-state index in [4.69, 9.17) is 0 Å². The summed E-state index contributed by atoms with van der Waals surface area (Å²) in [5, 5.41) is 12.0. The number of carbonyl (C=O) groups is 1. The zero-order valence-corrected chi connectivity index (χ0v) is 17.9. The Labute approximate surface area is 174 Å². The monoisotopic (exact) mass is 416 g/mol. The molecule has 0 N–H and O–H groups in total. The molecule has 5 rings (SSSR count). The largest absolute Gasteiger partial charge is 0.342 e. The maximum absolute atomic E-state index is 12.9. The predicted octanol–water partition coefficient (Wildman–Crippen LogP) is 4.40. The second-order valence-electron chi connectivity index (χ2n) is 8.48. The van der Waals surface area contributed by atoms with Gasteiger partial charge in [0, 0.05) is 30.4 Å². The van der Waals surface area contributed by atoms with E-state index in [1.807, 2.05) is 0 Å². The minimum Gasteiger partial charge on any atom is -0.342 e. The van der Waals surface area contributed by atoms with Gasteiger partial charge in [-0.05, 0) is 49.0 Å². The minimum absolute atomic E-state index is 0.277. The van der Waals surface area contributed by atoms with Crippen LogP contribution in [0.15, 0.2) is 22.7 Å². The number of aromatic nitrogens is 3. The molecule has 2 aliphatic carbocycles. The number of thioether (sulfide) groups is 1.